The normalized spacial score (nSPS) is 23.6. The van der Waals surface area contributed by atoms with Crippen molar-refractivity contribution >= 4 is 40.5 Å². The summed E-state index contributed by atoms with van der Waals surface area (Å²) in [5, 5.41) is 0.995. The third-order valence-electron chi connectivity index (χ3n) is 7.37. The SMILES string of the molecule is O=C(c1cccn2cncc12)N1C[C@@H]2CN(C(=O)C3(c4ccc(Cl)c(Cl)c4)CC3)C[C@@H]2C1. The molecule has 2 amide bonds. The van der Waals surface area contributed by atoms with Gasteiger partial charge in [0.05, 0.1) is 39.1 Å². The molecule has 164 valence electrons. The Bertz CT molecular complexity index is 1240. The predicted octanol–water partition coefficient (Wildman–Crippen LogP) is 3.90. The zero-order valence-corrected chi connectivity index (χ0v) is 18.9. The number of benzene rings is 1. The smallest absolute Gasteiger partial charge is 0.256 e. The molecule has 0 radical (unpaired) electrons. The maximum absolute atomic E-state index is 13.5. The monoisotopic (exact) mass is 468 g/mol. The molecule has 8 heteroatoms. The number of hydrogen-bond donors (Lipinski definition) is 0. The van der Waals surface area contributed by atoms with Crippen molar-refractivity contribution in [2.24, 2.45) is 11.8 Å². The van der Waals surface area contributed by atoms with Crippen LogP contribution in [0.15, 0.2) is 49.1 Å². The number of likely N-dealkylation sites (tertiary alicyclic amines) is 2. The van der Waals surface area contributed by atoms with Crippen LogP contribution in [-0.4, -0.2) is 57.2 Å². The highest BCUT2D eigenvalue weighted by Crippen LogP contribution is 2.51. The number of hydrogen-bond acceptors (Lipinski definition) is 3. The zero-order valence-electron chi connectivity index (χ0n) is 17.4. The minimum absolute atomic E-state index is 0.0397. The van der Waals surface area contributed by atoms with E-state index in [0.717, 1.165) is 23.9 Å². The molecule has 3 fully saturated rings. The first kappa shape index (κ1) is 20.1. The summed E-state index contributed by atoms with van der Waals surface area (Å²) in [5.74, 6) is 0.860. The summed E-state index contributed by atoms with van der Waals surface area (Å²) < 4.78 is 1.86. The first-order valence-electron chi connectivity index (χ1n) is 10.9. The molecule has 2 aromatic heterocycles. The maximum atomic E-state index is 13.5. The second-order valence-corrected chi connectivity index (χ2v) is 10.1. The molecule has 2 aliphatic heterocycles. The Balaban J connectivity index is 1.16. The lowest BCUT2D eigenvalue weighted by Crippen LogP contribution is -2.40. The second-order valence-electron chi connectivity index (χ2n) is 9.26. The van der Waals surface area contributed by atoms with Crippen LogP contribution in [0.3, 0.4) is 0 Å². The molecule has 0 N–H and O–H groups in total. The maximum Gasteiger partial charge on any atom is 0.256 e. The summed E-state index contributed by atoms with van der Waals surface area (Å²) in [7, 11) is 0. The highest BCUT2D eigenvalue weighted by molar-refractivity contribution is 6.42. The lowest BCUT2D eigenvalue weighted by atomic mass is 9.94. The van der Waals surface area contributed by atoms with Crippen LogP contribution >= 0.6 is 23.2 Å². The van der Waals surface area contributed by atoms with E-state index in [4.69, 9.17) is 23.2 Å². The molecule has 1 aliphatic carbocycles. The zero-order chi connectivity index (χ0) is 22.0. The molecule has 3 aromatic rings. The van der Waals surface area contributed by atoms with Gasteiger partial charge in [0.15, 0.2) is 0 Å². The largest absolute Gasteiger partial charge is 0.341 e. The first-order chi connectivity index (χ1) is 15.5. The number of fused-ring (bicyclic) bond motifs is 2. The molecule has 4 heterocycles. The number of carbonyl (C=O) groups is 2. The van der Waals surface area contributed by atoms with Gasteiger partial charge < -0.3 is 14.2 Å². The average molecular weight is 469 g/mol. The van der Waals surface area contributed by atoms with Crippen molar-refractivity contribution in [1.29, 1.82) is 0 Å². The summed E-state index contributed by atoms with van der Waals surface area (Å²) in [6, 6.07) is 9.27. The Morgan fingerprint density at radius 2 is 1.69 bits per heavy atom. The third-order valence-corrected chi connectivity index (χ3v) is 8.11. The molecule has 6 rings (SSSR count). The van der Waals surface area contributed by atoms with E-state index in [9.17, 15) is 9.59 Å². The molecule has 1 saturated carbocycles. The van der Waals surface area contributed by atoms with Gasteiger partial charge in [-0.05, 0) is 42.7 Å². The second kappa shape index (κ2) is 7.22. The lowest BCUT2D eigenvalue weighted by Gasteiger charge is -2.26. The van der Waals surface area contributed by atoms with Crippen LogP contribution in [0.4, 0.5) is 0 Å². The minimum atomic E-state index is -0.458. The Morgan fingerprint density at radius 1 is 0.969 bits per heavy atom. The number of imidazole rings is 1. The minimum Gasteiger partial charge on any atom is -0.341 e. The van der Waals surface area contributed by atoms with Crippen molar-refractivity contribution in [3.8, 4) is 0 Å². The Kier molecular flexibility index (Phi) is 4.53. The third kappa shape index (κ3) is 3.04. The molecule has 2 atom stereocenters. The Morgan fingerprint density at radius 3 is 2.38 bits per heavy atom. The van der Waals surface area contributed by atoms with Gasteiger partial charge in [0.1, 0.15) is 0 Å². The molecular formula is C24H22Cl2N4O2. The fraction of sp³-hybridized carbons (Fsp3) is 0.375. The summed E-state index contributed by atoms with van der Waals surface area (Å²) in [4.78, 5) is 34.8. The van der Waals surface area contributed by atoms with Crippen molar-refractivity contribution < 1.29 is 9.59 Å². The fourth-order valence-corrected chi connectivity index (χ4v) is 5.77. The quantitative estimate of drug-likeness (QED) is 0.585. The highest BCUT2D eigenvalue weighted by Gasteiger charge is 2.55. The van der Waals surface area contributed by atoms with E-state index in [1.54, 1.807) is 18.6 Å². The van der Waals surface area contributed by atoms with E-state index in [0.29, 0.717) is 53.6 Å². The van der Waals surface area contributed by atoms with E-state index in [1.807, 2.05) is 44.7 Å². The summed E-state index contributed by atoms with van der Waals surface area (Å²) in [6.07, 6.45) is 7.01. The van der Waals surface area contributed by atoms with Crippen molar-refractivity contribution in [3.05, 3.63) is 70.2 Å². The molecule has 0 spiro atoms. The van der Waals surface area contributed by atoms with Crippen LogP contribution in [0.5, 0.6) is 0 Å². The number of halogens is 2. The van der Waals surface area contributed by atoms with E-state index in [2.05, 4.69) is 4.98 Å². The molecule has 3 aliphatic rings. The Labute approximate surface area is 195 Å². The van der Waals surface area contributed by atoms with Crippen LogP contribution in [0, 0.1) is 11.8 Å². The molecule has 6 nitrogen and oxygen atoms in total. The Hall–Kier alpha value is -2.57. The van der Waals surface area contributed by atoms with Gasteiger partial charge in [0, 0.05) is 44.2 Å². The number of aromatic nitrogens is 2. The van der Waals surface area contributed by atoms with Gasteiger partial charge in [-0.25, -0.2) is 4.98 Å². The summed E-state index contributed by atoms with van der Waals surface area (Å²) in [6.45, 7) is 2.77. The van der Waals surface area contributed by atoms with Crippen LogP contribution in [0.1, 0.15) is 28.8 Å². The van der Waals surface area contributed by atoms with Gasteiger partial charge in [-0.3, -0.25) is 9.59 Å². The predicted molar refractivity (Wildman–Crippen MR) is 122 cm³/mol. The number of amides is 2. The number of carbonyl (C=O) groups excluding carboxylic acids is 2. The molecule has 1 aromatic carbocycles. The molecule has 0 bridgehead atoms. The number of nitrogens with zero attached hydrogens (tertiary/aromatic N) is 4. The van der Waals surface area contributed by atoms with E-state index in [1.165, 1.54) is 0 Å². The van der Waals surface area contributed by atoms with Crippen LogP contribution < -0.4 is 0 Å². The topological polar surface area (TPSA) is 57.9 Å². The van der Waals surface area contributed by atoms with Crippen LogP contribution in [0.2, 0.25) is 10.0 Å². The number of rotatable bonds is 3. The summed E-state index contributed by atoms with van der Waals surface area (Å²) >= 11 is 12.3. The summed E-state index contributed by atoms with van der Waals surface area (Å²) in [5.41, 5.74) is 2.00. The number of pyridine rings is 1. The molecule has 32 heavy (non-hydrogen) atoms. The van der Waals surface area contributed by atoms with Crippen LogP contribution in [-0.2, 0) is 10.2 Å². The van der Waals surface area contributed by atoms with Gasteiger partial charge in [-0.15, -0.1) is 0 Å². The fourth-order valence-electron chi connectivity index (χ4n) is 5.47. The van der Waals surface area contributed by atoms with E-state index in [-0.39, 0.29) is 11.8 Å². The van der Waals surface area contributed by atoms with Gasteiger partial charge in [-0.2, -0.15) is 0 Å². The van der Waals surface area contributed by atoms with Gasteiger partial charge >= 0.3 is 0 Å². The van der Waals surface area contributed by atoms with Crippen molar-refractivity contribution in [1.82, 2.24) is 19.2 Å². The lowest BCUT2D eigenvalue weighted by molar-refractivity contribution is -0.133. The molecular weight excluding hydrogens is 447 g/mol. The average Bonchev–Trinajstić information content (AvgIpc) is 3.10. The van der Waals surface area contributed by atoms with E-state index < -0.39 is 5.41 Å². The van der Waals surface area contributed by atoms with Crippen molar-refractivity contribution in [3.63, 3.8) is 0 Å². The molecule has 0 unspecified atom stereocenters. The van der Waals surface area contributed by atoms with Crippen molar-refractivity contribution in [2.45, 2.75) is 18.3 Å². The van der Waals surface area contributed by atoms with Gasteiger partial charge in [0.25, 0.3) is 5.91 Å². The van der Waals surface area contributed by atoms with Gasteiger partial charge in [0.2, 0.25) is 5.91 Å². The van der Waals surface area contributed by atoms with Gasteiger partial charge in [-0.1, -0.05) is 29.3 Å². The standard InChI is InChI=1S/C24H22Cl2N4O2/c25-19-4-3-17(8-20(19)26)24(5-6-24)23(32)30-12-15-10-29(11-16(15)13-30)22(31)18-2-1-7-28-14-27-9-21(18)28/h1-4,7-9,14-16H,5-6,10-13H2/t15-,16+. The van der Waals surface area contributed by atoms with E-state index >= 15 is 0 Å². The van der Waals surface area contributed by atoms with Crippen LogP contribution in [0.25, 0.3) is 5.52 Å². The highest BCUT2D eigenvalue weighted by atomic mass is 35.5. The van der Waals surface area contributed by atoms with Crippen molar-refractivity contribution in [2.75, 3.05) is 26.2 Å². The first-order valence-corrected chi connectivity index (χ1v) is 11.7. The molecule has 2 saturated heterocycles.